The molecule has 18 atom stereocenters. The molecule has 11 aliphatic rings. The van der Waals surface area contributed by atoms with Gasteiger partial charge < -0.3 is 143 Å². The molecule has 38 nitrogen and oxygen atoms in total. The molecule has 0 radical (unpaired) electrons. The molecule has 4 saturated carbocycles. The van der Waals surface area contributed by atoms with E-state index in [1.165, 1.54) is 70.3 Å². The van der Waals surface area contributed by atoms with Crippen LogP contribution in [0, 0.1) is 36.5 Å². The number of aromatic hydroxyl groups is 3. The molecule has 0 aromatic heterocycles. The Bertz CT molecular complexity index is 5230. The van der Waals surface area contributed by atoms with Crippen LogP contribution in [0.4, 0.5) is 10.5 Å². The van der Waals surface area contributed by atoms with E-state index in [0.29, 0.717) is 24.8 Å². The van der Waals surface area contributed by atoms with Gasteiger partial charge in [0.2, 0.25) is 59.3 Å². The van der Waals surface area contributed by atoms with E-state index in [1.54, 1.807) is 13.1 Å². The van der Waals surface area contributed by atoms with Crippen molar-refractivity contribution in [1.82, 2.24) is 53.2 Å². The second-order valence-electron chi connectivity index (χ2n) is 35.5. The first-order chi connectivity index (χ1) is 62.0. The molecule has 7 aliphatic heterocycles. The lowest BCUT2D eigenvalue weighted by molar-refractivity contribution is -0.333. The maximum Gasteiger partial charge on any atom is 0.325 e. The molecule has 6 fully saturated rings. The third-order valence-corrected chi connectivity index (χ3v) is 25.7. The number of halogens is 1. The first-order valence-corrected chi connectivity index (χ1v) is 44.1. The summed E-state index contributed by atoms with van der Waals surface area (Å²) in [6.45, 7) is 10.0. The van der Waals surface area contributed by atoms with E-state index in [4.69, 9.17) is 55.2 Å². The van der Waals surface area contributed by atoms with Gasteiger partial charge in [0.1, 0.15) is 114 Å². The number of fused-ring (bicyclic) bond motifs is 15. The lowest BCUT2D eigenvalue weighted by atomic mass is 9.54. The monoisotopic (exact) mass is 1820 g/mol. The fourth-order valence-corrected chi connectivity index (χ4v) is 19.1. The highest BCUT2D eigenvalue weighted by molar-refractivity contribution is 6.32. The molecule has 22 N–H and O–H groups in total. The van der Waals surface area contributed by atoms with Gasteiger partial charge in [-0.25, -0.2) is 4.79 Å². The molecule has 6 aromatic carbocycles. The minimum Gasteiger partial charge on any atom is -0.508 e. The minimum atomic E-state index is -2.41. The van der Waals surface area contributed by atoms with Gasteiger partial charge in [0.05, 0.1) is 48.6 Å². The molecule has 0 unspecified atom stereocenters. The molecule has 0 spiro atoms. The number of benzene rings is 6. The Morgan fingerprint density at radius 2 is 1.35 bits per heavy atom. The first kappa shape index (κ1) is 94.9. The summed E-state index contributed by atoms with van der Waals surface area (Å²) in [7, 11) is 3.21. The predicted molar refractivity (Wildman–Crippen MR) is 465 cm³/mol. The van der Waals surface area contributed by atoms with E-state index in [1.807, 2.05) is 20.8 Å². The van der Waals surface area contributed by atoms with Crippen LogP contribution in [0.2, 0.25) is 5.02 Å². The van der Waals surface area contributed by atoms with Crippen molar-refractivity contribution in [2.24, 2.45) is 35.3 Å². The highest BCUT2D eigenvalue weighted by Crippen LogP contribution is 2.55. The number of aliphatic hydroxyl groups excluding tert-OH is 6. The van der Waals surface area contributed by atoms with Gasteiger partial charge in [-0.1, -0.05) is 57.0 Å². The number of imide groups is 1. The summed E-state index contributed by atoms with van der Waals surface area (Å²) in [6.07, 6.45) is -13.1. The minimum absolute atomic E-state index is 0.0212. The topological polar surface area (TPSA) is 568 Å². The molecule has 10 amide bonds. The summed E-state index contributed by atoms with van der Waals surface area (Å²) in [5, 5.41) is 137. The zero-order valence-electron chi connectivity index (χ0n) is 72.8. The van der Waals surface area contributed by atoms with Crippen LogP contribution in [0.3, 0.4) is 0 Å². The smallest absolute Gasteiger partial charge is 0.325 e. The number of urea groups is 1. The van der Waals surface area contributed by atoms with E-state index in [-0.39, 0.29) is 111 Å². The number of nitrogens with two attached hydrogens (primary N) is 1. The fourth-order valence-electron chi connectivity index (χ4n) is 18.8. The van der Waals surface area contributed by atoms with Crippen LogP contribution in [0.1, 0.15) is 163 Å². The Morgan fingerprint density at radius 3 is 2.02 bits per heavy atom. The van der Waals surface area contributed by atoms with Crippen LogP contribution in [0.25, 0.3) is 11.1 Å². The molecular formula is C91H113ClN12O26. The lowest BCUT2D eigenvalue weighted by Gasteiger charge is -2.54. The van der Waals surface area contributed by atoms with E-state index in [9.17, 15) is 60.3 Å². The van der Waals surface area contributed by atoms with Crippen molar-refractivity contribution in [3.8, 4) is 68.6 Å². The zero-order chi connectivity index (χ0) is 93.2. The van der Waals surface area contributed by atoms with Crippen molar-refractivity contribution in [2.45, 2.75) is 221 Å². The summed E-state index contributed by atoms with van der Waals surface area (Å²) in [4.78, 5) is 140. The number of phenols is 3. The third kappa shape index (κ3) is 20.9. The highest BCUT2D eigenvalue weighted by atomic mass is 35.5. The zero-order valence-corrected chi connectivity index (χ0v) is 73.6. The van der Waals surface area contributed by atoms with Gasteiger partial charge in [0, 0.05) is 47.8 Å². The van der Waals surface area contributed by atoms with Gasteiger partial charge in [-0.3, -0.25) is 43.7 Å². The highest BCUT2D eigenvalue weighted by Gasteiger charge is 2.53. The number of hydrogen-bond donors (Lipinski definition) is 21. The Labute approximate surface area is 753 Å². The summed E-state index contributed by atoms with van der Waals surface area (Å²) >= 11 is 7.33. The van der Waals surface area contributed by atoms with Crippen molar-refractivity contribution >= 4 is 70.6 Å². The Kier molecular flexibility index (Phi) is 29.4. The Balaban J connectivity index is 0.957. The Morgan fingerprint density at radius 1 is 0.685 bits per heavy atom. The number of carbonyl (C=O) groups is 9. The second-order valence-corrected chi connectivity index (χ2v) is 35.9. The van der Waals surface area contributed by atoms with E-state index in [2.05, 4.69) is 58.5 Å². The average Bonchev–Trinajstić information content (AvgIpc) is 0.754. The predicted octanol–water partition coefficient (Wildman–Crippen LogP) is 4.26. The molecule has 39 heteroatoms. The maximum atomic E-state index is 16.8. The number of ether oxygens (including phenoxy) is 8. The van der Waals surface area contributed by atoms with Gasteiger partial charge in [-0.05, 0) is 210 Å². The number of hydrogen-bond acceptors (Lipinski definition) is 29. The molecule has 700 valence electrons. The lowest BCUT2D eigenvalue weighted by Crippen LogP contribution is -2.64. The summed E-state index contributed by atoms with van der Waals surface area (Å²) in [5.41, 5.74) is 3.26. The summed E-state index contributed by atoms with van der Waals surface area (Å²) < 4.78 is 51.4. The summed E-state index contributed by atoms with van der Waals surface area (Å²) in [6, 6.07) is 3.82. The van der Waals surface area contributed by atoms with Crippen molar-refractivity contribution < 1.29 is 127 Å². The SMILES string of the molecule is CCCCOc1ccc(OCCNC)cc1NC(=O)NC(=O)C[C@@H]1NC(=O)[C@H](NC(=O)[C@@H](CC(C)C)NC)[C@H](O)c2ccc(c(C)c2)Oc2cc3cc(c2O[C@@H]2O[C@H](CO)[C@@H](O)[C@H](O)[C@H]2O[C@H]2C[C@](C)(N)[C@H](O)[C@H](C)O2)Oc2ccc(cc2Cl)[C@@H](O)[C@@H]2NC(=O)[C@H](NC(=O)[C@@H]3NC1=O)c1ccc(O)c(c1)-c1c(O)cc(O)cc1[C@@H](C(=O)NC1C3CC4CC(C3)CC1C4)NC2=O. The molecule has 7 heterocycles. The molecule has 17 rings (SSSR count). The largest absolute Gasteiger partial charge is 0.508 e. The van der Waals surface area contributed by atoms with Crippen LogP contribution in [0.15, 0.2) is 97.1 Å². The van der Waals surface area contributed by atoms with Crippen molar-refractivity contribution in [3.05, 3.63) is 135 Å². The first-order valence-electron chi connectivity index (χ1n) is 43.7. The molecule has 6 aromatic rings. The number of aliphatic hydroxyl groups is 6. The van der Waals surface area contributed by atoms with Crippen LogP contribution >= 0.6 is 11.6 Å². The number of unbranched alkanes of at least 4 members (excludes halogenated alkanes) is 1. The van der Waals surface area contributed by atoms with Crippen LogP contribution in [-0.4, -0.2) is 225 Å². The molecule has 4 aliphatic carbocycles. The number of aryl methyl sites for hydroxylation is 1. The number of carbonyl (C=O) groups excluding carboxylic acids is 9. The molecular weight excluding hydrogens is 1710 g/mol. The third-order valence-electron chi connectivity index (χ3n) is 25.4. The standard InChI is InChI=1S/C91H113ClN12O26/c1-9-10-20-124-62-18-14-51(123-21-19-94-7)35-55(62)97-90(122)98-66(109)36-57-83(116)100-71-49-31-63(126-60-16-12-45(23-40(60)4)75(110)73(87(120)96-57)103-82(115)56(95-8)22-39(2)3)79(130-89-80(78(113)77(112)65(38-105)128-89)129-67-37-91(6,93)81(114)41(5)125-67)64(32-49)127-61-17-13-46(30-54(61)92)76(111)74-88(121)102-72(86(119)99-69-47-25-42-24-43(27-47)28-48(69)26-42)53-33-50(106)34-59(108)68(53)52-29-44(11-15-58(52)107)70(84(117)104-74)101-85(71)118/h11-18,23,29-35,39,41-43,47-48,56-57,65,67,69-78,80-81,89,94-95,105-108,110-114H,9-10,19-22,24-28,36-38,93H2,1-8H3,(H,96,120)(H,99,119)(H,100,116)(H,101,118)(H,102,121)(H,103,115)(H,104,117)(H2,97,98,109,122)/t41-,42?,43?,47?,48?,56+,57-,65+,67-,69?,70+,71+,72-,73+,74-,75+,76+,77+,78-,80+,81+,89-,91-/m0/s1. The second kappa shape index (κ2) is 40.2. The number of nitrogens with one attached hydrogen (secondary N) is 11. The van der Waals surface area contributed by atoms with Gasteiger partial charge in [0.25, 0.3) is 0 Å². The number of amides is 10. The van der Waals surface area contributed by atoms with Gasteiger partial charge >= 0.3 is 6.03 Å². The summed E-state index contributed by atoms with van der Waals surface area (Å²) in [5.74, 6) is -12.9. The van der Waals surface area contributed by atoms with Gasteiger partial charge in [0.15, 0.2) is 23.9 Å². The molecule has 2 saturated heterocycles. The molecule has 130 heavy (non-hydrogen) atoms. The average molecular weight is 1830 g/mol. The number of likely N-dealkylation sites (N-methyl/N-ethyl adjacent to an activating group) is 2. The van der Waals surface area contributed by atoms with Crippen molar-refractivity contribution in [3.63, 3.8) is 0 Å². The molecule has 15 bridgehead atoms. The normalized spacial score (nSPS) is 29.6. The number of phenolic OH excluding ortho intramolecular Hbond substituents is 3. The maximum absolute atomic E-state index is 16.8. The van der Waals surface area contributed by atoms with Crippen LogP contribution in [0.5, 0.6) is 57.5 Å². The van der Waals surface area contributed by atoms with Crippen LogP contribution < -0.4 is 87.9 Å². The van der Waals surface area contributed by atoms with Gasteiger partial charge in [-0.2, -0.15) is 0 Å². The number of anilines is 1. The van der Waals surface area contributed by atoms with Crippen molar-refractivity contribution in [1.29, 1.82) is 0 Å². The fraction of sp³-hybridized carbons (Fsp3) is 0.505. The number of rotatable bonds is 23. The Hall–Kier alpha value is -11.2. The van der Waals surface area contributed by atoms with E-state index in [0.717, 1.165) is 87.1 Å². The van der Waals surface area contributed by atoms with E-state index < -0.39 is 227 Å². The quantitative estimate of drug-likeness (QED) is 0.0398. The van der Waals surface area contributed by atoms with E-state index >= 15 is 28.8 Å². The van der Waals surface area contributed by atoms with Gasteiger partial charge in [-0.15, -0.1) is 0 Å². The van der Waals surface area contributed by atoms with Crippen LogP contribution in [-0.2, 0) is 52.6 Å². The van der Waals surface area contributed by atoms with Crippen molar-refractivity contribution in [2.75, 3.05) is 45.8 Å².